The maximum Gasteiger partial charge on any atom is 0.239 e. The Morgan fingerprint density at radius 1 is 1.44 bits per heavy atom. The lowest BCUT2D eigenvalue weighted by molar-refractivity contribution is 0.595. The largest absolute Gasteiger partial charge is 0.308 e. The summed E-state index contributed by atoms with van der Waals surface area (Å²) in [5.41, 5.74) is 2.83. The number of aromatic nitrogens is 1. The Kier molecular flexibility index (Phi) is 4.22. The number of nitrogen functional groups attached to an aromatic ring is 1. The summed E-state index contributed by atoms with van der Waals surface area (Å²) in [5.74, 6) is 5.64. The predicted octanol–water partition coefficient (Wildman–Crippen LogP) is 0.357. The van der Waals surface area contributed by atoms with Crippen molar-refractivity contribution < 1.29 is 8.42 Å². The van der Waals surface area contributed by atoms with E-state index in [0.29, 0.717) is 17.9 Å². The van der Waals surface area contributed by atoms with E-state index in [9.17, 15) is 8.42 Å². The predicted molar refractivity (Wildman–Crippen MR) is 62.0 cm³/mol. The fourth-order valence-corrected chi connectivity index (χ4v) is 2.09. The molecule has 5 N–H and O–H groups in total. The zero-order valence-corrected chi connectivity index (χ0v) is 9.92. The molecule has 0 amide bonds. The SMILES string of the molecule is CCCCc1nc(NN)ccc1S(N)(=O)=O. The van der Waals surface area contributed by atoms with Gasteiger partial charge in [0, 0.05) is 0 Å². The zero-order chi connectivity index (χ0) is 12.2. The summed E-state index contributed by atoms with van der Waals surface area (Å²) < 4.78 is 22.6. The Morgan fingerprint density at radius 2 is 2.12 bits per heavy atom. The smallest absolute Gasteiger partial charge is 0.239 e. The summed E-state index contributed by atoms with van der Waals surface area (Å²) in [6.07, 6.45) is 2.37. The summed E-state index contributed by atoms with van der Waals surface area (Å²) in [7, 11) is -3.72. The molecular weight excluding hydrogens is 228 g/mol. The number of unbranched alkanes of at least 4 members (excludes halogenated alkanes) is 1. The summed E-state index contributed by atoms with van der Waals surface area (Å²) in [5, 5.41) is 5.10. The van der Waals surface area contributed by atoms with Crippen LogP contribution in [0.15, 0.2) is 17.0 Å². The van der Waals surface area contributed by atoms with Crippen molar-refractivity contribution in [3.63, 3.8) is 0 Å². The highest BCUT2D eigenvalue weighted by molar-refractivity contribution is 7.89. The third-order valence-electron chi connectivity index (χ3n) is 2.15. The molecule has 0 bridgehead atoms. The Bertz CT molecular complexity index is 459. The van der Waals surface area contributed by atoms with Gasteiger partial charge in [-0.2, -0.15) is 0 Å². The second-order valence-electron chi connectivity index (χ2n) is 3.43. The van der Waals surface area contributed by atoms with Crippen LogP contribution in [-0.2, 0) is 16.4 Å². The molecule has 1 rings (SSSR count). The molecule has 0 saturated carbocycles. The van der Waals surface area contributed by atoms with Crippen LogP contribution in [0.4, 0.5) is 5.82 Å². The molecule has 90 valence electrons. The Hall–Kier alpha value is -1.18. The molecule has 1 aromatic rings. The molecule has 1 heterocycles. The lowest BCUT2D eigenvalue weighted by atomic mass is 10.2. The van der Waals surface area contributed by atoms with E-state index in [4.69, 9.17) is 11.0 Å². The average Bonchev–Trinajstić information content (AvgIpc) is 2.24. The zero-order valence-electron chi connectivity index (χ0n) is 9.10. The van der Waals surface area contributed by atoms with Gasteiger partial charge in [-0.15, -0.1) is 0 Å². The van der Waals surface area contributed by atoms with Gasteiger partial charge in [0.25, 0.3) is 0 Å². The second kappa shape index (κ2) is 5.24. The van der Waals surface area contributed by atoms with E-state index in [-0.39, 0.29) is 4.90 Å². The first-order valence-corrected chi connectivity index (χ1v) is 6.53. The van der Waals surface area contributed by atoms with Gasteiger partial charge < -0.3 is 5.43 Å². The molecule has 0 saturated heterocycles. The van der Waals surface area contributed by atoms with E-state index in [0.717, 1.165) is 12.8 Å². The minimum atomic E-state index is -3.72. The van der Waals surface area contributed by atoms with Crippen LogP contribution in [0.3, 0.4) is 0 Å². The van der Waals surface area contributed by atoms with E-state index in [1.807, 2.05) is 6.92 Å². The average molecular weight is 244 g/mol. The minimum Gasteiger partial charge on any atom is -0.308 e. The highest BCUT2D eigenvalue weighted by Crippen LogP contribution is 2.17. The molecule has 0 aromatic carbocycles. The first kappa shape index (κ1) is 12.9. The summed E-state index contributed by atoms with van der Waals surface area (Å²) >= 11 is 0. The lowest BCUT2D eigenvalue weighted by Gasteiger charge is -2.08. The van der Waals surface area contributed by atoms with E-state index >= 15 is 0 Å². The first-order valence-electron chi connectivity index (χ1n) is 4.98. The normalized spacial score (nSPS) is 11.4. The van der Waals surface area contributed by atoms with Gasteiger partial charge in [0.1, 0.15) is 10.7 Å². The van der Waals surface area contributed by atoms with Gasteiger partial charge in [0.15, 0.2) is 0 Å². The molecular formula is C9H16N4O2S. The molecule has 1 aromatic heterocycles. The van der Waals surface area contributed by atoms with Gasteiger partial charge in [-0.3, -0.25) is 0 Å². The van der Waals surface area contributed by atoms with Crippen LogP contribution in [-0.4, -0.2) is 13.4 Å². The molecule has 0 aliphatic carbocycles. The van der Waals surface area contributed by atoms with Gasteiger partial charge in [0.05, 0.1) is 5.69 Å². The summed E-state index contributed by atoms with van der Waals surface area (Å²) in [4.78, 5) is 4.17. The monoisotopic (exact) mass is 244 g/mol. The van der Waals surface area contributed by atoms with E-state index < -0.39 is 10.0 Å². The third-order valence-corrected chi connectivity index (χ3v) is 3.14. The molecule has 0 atom stereocenters. The van der Waals surface area contributed by atoms with Crippen molar-refractivity contribution in [1.29, 1.82) is 0 Å². The number of primary sulfonamides is 1. The highest BCUT2D eigenvalue weighted by Gasteiger charge is 2.15. The number of rotatable bonds is 5. The maximum absolute atomic E-state index is 11.3. The van der Waals surface area contributed by atoms with Crippen LogP contribution >= 0.6 is 0 Å². The Labute approximate surface area is 95.1 Å². The van der Waals surface area contributed by atoms with Crippen LogP contribution < -0.4 is 16.4 Å². The van der Waals surface area contributed by atoms with Crippen LogP contribution in [0.25, 0.3) is 0 Å². The second-order valence-corrected chi connectivity index (χ2v) is 4.96. The standard InChI is InChI=1S/C9H16N4O2S/c1-2-3-4-7-8(16(11,14)15)5-6-9(12-7)13-10/h5-6H,2-4,10H2,1H3,(H,12,13)(H2,11,14,15). The number of nitrogens with zero attached hydrogens (tertiary/aromatic N) is 1. The van der Waals surface area contributed by atoms with Crippen molar-refractivity contribution in [3.8, 4) is 0 Å². The van der Waals surface area contributed by atoms with Crippen LogP contribution in [0.1, 0.15) is 25.5 Å². The number of pyridine rings is 1. The van der Waals surface area contributed by atoms with Crippen molar-refractivity contribution in [2.75, 3.05) is 5.43 Å². The molecule has 0 aliphatic heterocycles. The Morgan fingerprint density at radius 3 is 2.62 bits per heavy atom. The van der Waals surface area contributed by atoms with Crippen molar-refractivity contribution in [2.45, 2.75) is 31.1 Å². The fourth-order valence-electron chi connectivity index (χ4n) is 1.35. The molecule has 0 fully saturated rings. The summed E-state index contributed by atoms with van der Waals surface area (Å²) in [6, 6.07) is 2.90. The molecule has 7 heteroatoms. The van der Waals surface area contributed by atoms with E-state index in [2.05, 4.69) is 10.4 Å². The van der Waals surface area contributed by atoms with Crippen molar-refractivity contribution in [2.24, 2.45) is 11.0 Å². The minimum absolute atomic E-state index is 0.0694. The Balaban J connectivity index is 3.16. The quantitative estimate of drug-likeness (QED) is 0.511. The van der Waals surface area contributed by atoms with Gasteiger partial charge in [-0.05, 0) is 25.0 Å². The lowest BCUT2D eigenvalue weighted by Crippen LogP contribution is -2.17. The molecule has 0 spiro atoms. The van der Waals surface area contributed by atoms with Crippen molar-refractivity contribution >= 4 is 15.8 Å². The number of nitrogens with two attached hydrogens (primary N) is 2. The van der Waals surface area contributed by atoms with E-state index in [1.54, 1.807) is 0 Å². The molecule has 0 radical (unpaired) electrons. The first-order chi connectivity index (χ1) is 7.49. The van der Waals surface area contributed by atoms with Crippen LogP contribution in [0, 0.1) is 0 Å². The van der Waals surface area contributed by atoms with Crippen LogP contribution in [0.2, 0.25) is 0 Å². The summed E-state index contributed by atoms with van der Waals surface area (Å²) in [6.45, 7) is 2.02. The third kappa shape index (κ3) is 3.16. The number of aryl methyl sites for hydroxylation is 1. The number of hydrogen-bond donors (Lipinski definition) is 3. The van der Waals surface area contributed by atoms with Gasteiger partial charge in [-0.25, -0.2) is 24.4 Å². The maximum atomic E-state index is 11.3. The van der Waals surface area contributed by atoms with E-state index in [1.165, 1.54) is 12.1 Å². The number of nitrogens with one attached hydrogen (secondary N) is 1. The molecule has 16 heavy (non-hydrogen) atoms. The number of sulfonamides is 1. The van der Waals surface area contributed by atoms with Gasteiger partial charge >= 0.3 is 0 Å². The van der Waals surface area contributed by atoms with Gasteiger partial charge in [-0.1, -0.05) is 13.3 Å². The van der Waals surface area contributed by atoms with Crippen molar-refractivity contribution in [3.05, 3.63) is 17.8 Å². The van der Waals surface area contributed by atoms with Crippen molar-refractivity contribution in [1.82, 2.24) is 4.98 Å². The topological polar surface area (TPSA) is 111 Å². The molecule has 0 aliphatic rings. The number of hydrazine groups is 1. The highest BCUT2D eigenvalue weighted by atomic mass is 32.2. The fraction of sp³-hybridized carbons (Fsp3) is 0.444. The van der Waals surface area contributed by atoms with Crippen LogP contribution in [0.5, 0.6) is 0 Å². The molecule has 6 nitrogen and oxygen atoms in total. The molecule has 0 unspecified atom stereocenters. The number of anilines is 1. The number of hydrogen-bond acceptors (Lipinski definition) is 5. The van der Waals surface area contributed by atoms with Gasteiger partial charge in [0.2, 0.25) is 10.0 Å².